The maximum Gasteiger partial charge on any atom is 0.0398 e. The van der Waals surface area contributed by atoms with Crippen LogP contribution in [0.4, 0.5) is 0 Å². The van der Waals surface area contributed by atoms with E-state index in [4.69, 9.17) is 0 Å². The van der Waals surface area contributed by atoms with Gasteiger partial charge in [-0.3, -0.25) is 9.88 Å². The van der Waals surface area contributed by atoms with Gasteiger partial charge in [-0.15, -0.1) is 0 Å². The summed E-state index contributed by atoms with van der Waals surface area (Å²) in [5.41, 5.74) is 1.31. The number of rotatable bonds is 1. The van der Waals surface area contributed by atoms with Gasteiger partial charge < -0.3 is 0 Å². The molecule has 0 aromatic carbocycles. The Morgan fingerprint density at radius 2 is 2.38 bits per heavy atom. The van der Waals surface area contributed by atoms with Crippen LogP contribution in [0.1, 0.15) is 18.0 Å². The van der Waals surface area contributed by atoms with Crippen molar-refractivity contribution in [2.45, 2.75) is 12.5 Å². The number of aromatic nitrogens is 1. The lowest BCUT2D eigenvalue weighted by atomic mass is 10.0. The van der Waals surface area contributed by atoms with Crippen LogP contribution in [0.25, 0.3) is 0 Å². The first-order valence-electron chi connectivity index (χ1n) is 4.63. The normalized spacial score (nSPS) is 23.3. The second-order valence-electron chi connectivity index (χ2n) is 3.45. The van der Waals surface area contributed by atoms with Crippen LogP contribution in [0.2, 0.25) is 0 Å². The van der Waals surface area contributed by atoms with E-state index < -0.39 is 0 Å². The SMILES string of the molecule is CN1CC=CC[C@@H]1c1cccnc1. The molecule has 1 aliphatic rings. The fourth-order valence-electron chi connectivity index (χ4n) is 1.74. The highest BCUT2D eigenvalue weighted by molar-refractivity contribution is 5.17. The third-order valence-electron chi connectivity index (χ3n) is 2.52. The summed E-state index contributed by atoms with van der Waals surface area (Å²) >= 11 is 0. The van der Waals surface area contributed by atoms with Crippen LogP contribution in [0, 0.1) is 0 Å². The highest BCUT2D eigenvalue weighted by Gasteiger charge is 2.16. The van der Waals surface area contributed by atoms with Gasteiger partial charge in [0.05, 0.1) is 0 Å². The average molecular weight is 174 g/mol. The third kappa shape index (κ3) is 1.78. The predicted molar refractivity (Wildman–Crippen MR) is 53.4 cm³/mol. The van der Waals surface area contributed by atoms with Gasteiger partial charge in [0, 0.05) is 25.0 Å². The molecular weight excluding hydrogens is 160 g/mol. The van der Waals surface area contributed by atoms with Crippen molar-refractivity contribution in [2.24, 2.45) is 0 Å². The molecule has 0 saturated heterocycles. The molecule has 2 rings (SSSR count). The zero-order valence-corrected chi connectivity index (χ0v) is 7.85. The predicted octanol–water partition coefficient (Wildman–Crippen LogP) is 2.01. The van der Waals surface area contributed by atoms with Gasteiger partial charge in [0.15, 0.2) is 0 Å². The van der Waals surface area contributed by atoms with Crippen molar-refractivity contribution >= 4 is 0 Å². The van der Waals surface area contributed by atoms with E-state index in [1.54, 1.807) is 0 Å². The Bertz CT molecular complexity index is 292. The molecule has 0 fully saturated rings. The monoisotopic (exact) mass is 174 g/mol. The zero-order chi connectivity index (χ0) is 9.10. The molecule has 1 aromatic rings. The summed E-state index contributed by atoms with van der Waals surface area (Å²) in [6.07, 6.45) is 9.34. The lowest BCUT2D eigenvalue weighted by Crippen LogP contribution is -2.26. The number of pyridine rings is 1. The zero-order valence-electron chi connectivity index (χ0n) is 7.85. The van der Waals surface area contributed by atoms with Crippen molar-refractivity contribution in [1.29, 1.82) is 0 Å². The van der Waals surface area contributed by atoms with Crippen LogP contribution < -0.4 is 0 Å². The number of hydrogen-bond donors (Lipinski definition) is 0. The number of likely N-dealkylation sites (N-methyl/N-ethyl adjacent to an activating group) is 1. The van der Waals surface area contributed by atoms with Crippen LogP contribution >= 0.6 is 0 Å². The second-order valence-corrected chi connectivity index (χ2v) is 3.45. The molecule has 1 aliphatic heterocycles. The van der Waals surface area contributed by atoms with Crippen molar-refractivity contribution in [2.75, 3.05) is 13.6 Å². The van der Waals surface area contributed by atoms with Crippen LogP contribution in [0.15, 0.2) is 36.7 Å². The molecule has 1 atom stereocenters. The smallest absolute Gasteiger partial charge is 0.0398 e. The van der Waals surface area contributed by atoms with Crippen molar-refractivity contribution in [3.8, 4) is 0 Å². The van der Waals surface area contributed by atoms with Gasteiger partial charge in [-0.1, -0.05) is 18.2 Å². The van der Waals surface area contributed by atoms with Crippen molar-refractivity contribution < 1.29 is 0 Å². The van der Waals surface area contributed by atoms with Crippen LogP contribution in [0.3, 0.4) is 0 Å². The van der Waals surface area contributed by atoms with Gasteiger partial charge in [-0.2, -0.15) is 0 Å². The van der Waals surface area contributed by atoms with Gasteiger partial charge in [-0.25, -0.2) is 0 Å². The largest absolute Gasteiger partial charge is 0.295 e. The summed E-state index contributed by atoms with van der Waals surface area (Å²) in [5, 5.41) is 0. The molecular formula is C11H14N2. The Balaban J connectivity index is 2.21. The second kappa shape index (κ2) is 3.71. The molecule has 2 heterocycles. The van der Waals surface area contributed by atoms with Crippen LogP contribution in [-0.2, 0) is 0 Å². The molecule has 0 spiro atoms. The molecule has 0 unspecified atom stereocenters. The van der Waals surface area contributed by atoms with E-state index in [9.17, 15) is 0 Å². The summed E-state index contributed by atoms with van der Waals surface area (Å²) in [6.45, 7) is 1.04. The molecule has 0 amide bonds. The third-order valence-corrected chi connectivity index (χ3v) is 2.52. The quantitative estimate of drug-likeness (QED) is 0.605. The topological polar surface area (TPSA) is 16.1 Å². The Morgan fingerprint density at radius 3 is 3.08 bits per heavy atom. The van der Waals surface area contributed by atoms with E-state index in [-0.39, 0.29) is 0 Å². The molecule has 0 bridgehead atoms. The van der Waals surface area contributed by atoms with E-state index in [0.717, 1.165) is 13.0 Å². The van der Waals surface area contributed by atoms with Gasteiger partial charge in [0.25, 0.3) is 0 Å². The Hall–Kier alpha value is -1.15. The fraction of sp³-hybridized carbons (Fsp3) is 0.364. The summed E-state index contributed by atoms with van der Waals surface area (Å²) in [6, 6.07) is 4.66. The summed E-state index contributed by atoms with van der Waals surface area (Å²) < 4.78 is 0. The standard InChI is InChI=1S/C11H14N2/c1-13-8-3-2-6-11(13)10-5-4-7-12-9-10/h2-5,7,9,11H,6,8H2,1H3/t11-/m1/s1. The summed E-state index contributed by atoms with van der Waals surface area (Å²) in [4.78, 5) is 6.49. The minimum atomic E-state index is 0.513. The van der Waals surface area contributed by atoms with Gasteiger partial charge >= 0.3 is 0 Å². The number of nitrogens with zero attached hydrogens (tertiary/aromatic N) is 2. The molecule has 0 aliphatic carbocycles. The van der Waals surface area contributed by atoms with Gasteiger partial charge in [0.1, 0.15) is 0 Å². The molecule has 0 N–H and O–H groups in total. The van der Waals surface area contributed by atoms with E-state index in [2.05, 4.69) is 35.1 Å². The fourth-order valence-corrected chi connectivity index (χ4v) is 1.74. The van der Waals surface area contributed by atoms with Crippen molar-refractivity contribution in [3.63, 3.8) is 0 Å². The first kappa shape index (κ1) is 8.45. The minimum absolute atomic E-state index is 0.513. The molecule has 0 saturated carbocycles. The molecule has 68 valence electrons. The minimum Gasteiger partial charge on any atom is -0.295 e. The first-order chi connectivity index (χ1) is 6.38. The lowest BCUT2D eigenvalue weighted by Gasteiger charge is -2.29. The summed E-state index contributed by atoms with van der Waals surface area (Å²) in [7, 11) is 2.15. The molecule has 13 heavy (non-hydrogen) atoms. The van der Waals surface area contributed by atoms with E-state index in [1.807, 2.05) is 18.5 Å². The van der Waals surface area contributed by atoms with Crippen molar-refractivity contribution in [3.05, 3.63) is 42.2 Å². The van der Waals surface area contributed by atoms with Crippen LogP contribution in [0.5, 0.6) is 0 Å². The van der Waals surface area contributed by atoms with E-state index in [0.29, 0.717) is 6.04 Å². The maximum atomic E-state index is 4.14. The average Bonchev–Trinajstić information content (AvgIpc) is 2.20. The molecule has 0 radical (unpaired) electrons. The van der Waals surface area contributed by atoms with Crippen LogP contribution in [-0.4, -0.2) is 23.5 Å². The molecule has 2 nitrogen and oxygen atoms in total. The highest BCUT2D eigenvalue weighted by atomic mass is 15.1. The molecule has 2 heteroatoms. The number of hydrogen-bond acceptors (Lipinski definition) is 2. The van der Waals surface area contributed by atoms with Gasteiger partial charge in [-0.05, 0) is 25.1 Å². The maximum absolute atomic E-state index is 4.14. The summed E-state index contributed by atoms with van der Waals surface area (Å²) in [5.74, 6) is 0. The first-order valence-corrected chi connectivity index (χ1v) is 4.63. The lowest BCUT2D eigenvalue weighted by molar-refractivity contribution is 0.260. The van der Waals surface area contributed by atoms with E-state index in [1.165, 1.54) is 5.56 Å². The van der Waals surface area contributed by atoms with Gasteiger partial charge in [0.2, 0.25) is 0 Å². The van der Waals surface area contributed by atoms with E-state index >= 15 is 0 Å². The Morgan fingerprint density at radius 1 is 1.46 bits per heavy atom. The highest BCUT2D eigenvalue weighted by Crippen LogP contribution is 2.24. The Kier molecular flexibility index (Phi) is 2.41. The van der Waals surface area contributed by atoms with Crippen molar-refractivity contribution in [1.82, 2.24) is 9.88 Å². The molecule has 1 aromatic heterocycles. The Labute approximate surface area is 78.9 Å².